The highest BCUT2D eigenvalue weighted by molar-refractivity contribution is 5.38. The van der Waals surface area contributed by atoms with E-state index in [4.69, 9.17) is 9.47 Å². The van der Waals surface area contributed by atoms with Crippen LogP contribution in [-0.4, -0.2) is 12.7 Å². The van der Waals surface area contributed by atoms with Gasteiger partial charge in [0.05, 0.1) is 0 Å². The first kappa shape index (κ1) is 12.0. The predicted molar refractivity (Wildman–Crippen MR) is 71.2 cm³/mol. The molecule has 3 rings (SSSR count). The first-order chi connectivity index (χ1) is 9.20. The predicted octanol–water partition coefficient (Wildman–Crippen LogP) is 3.52. The second-order valence-corrected chi connectivity index (χ2v) is 4.82. The molecule has 1 atom stereocenters. The van der Waals surface area contributed by atoms with Gasteiger partial charge in [0.25, 0.3) is 0 Å². The molecule has 0 saturated heterocycles. The number of halogens is 1. The van der Waals surface area contributed by atoms with Crippen molar-refractivity contribution < 1.29 is 13.9 Å². The van der Waals surface area contributed by atoms with E-state index in [2.05, 4.69) is 0 Å². The Morgan fingerprint density at radius 3 is 2.79 bits per heavy atom. The van der Waals surface area contributed by atoms with E-state index in [0.717, 1.165) is 17.1 Å². The molecule has 0 N–H and O–H groups in total. The Hall–Kier alpha value is -2.03. The summed E-state index contributed by atoms with van der Waals surface area (Å²) in [6, 6.07) is 12.5. The van der Waals surface area contributed by atoms with Gasteiger partial charge in [0, 0.05) is 12.0 Å². The number of rotatable bonds is 3. The van der Waals surface area contributed by atoms with E-state index in [1.165, 1.54) is 17.7 Å². The molecule has 3 heteroatoms. The molecule has 0 saturated carbocycles. The summed E-state index contributed by atoms with van der Waals surface area (Å²) in [5.41, 5.74) is 2.12. The van der Waals surface area contributed by atoms with Crippen LogP contribution in [0.3, 0.4) is 0 Å². The Bertz CT molecular complexity index is 578. The smallest absolute Gasteiger partial charge is 0.137 e. The topological polar surface area (TPSA) is 18.5 Å². The Morgan fingerprint density at radius 2 is 2.00 bits per heavy atom. The molecule has 1 unspecified atom stereocenters. The second-order valence-electron chi connectivity index (χ2n) is 4.82. The average Bonchev–Trinajstić information content (AvgIpc) is 2.80. The van der Waals surface area contributed by atoms with Gasteiger partial charge in [-0.3, -0.25) is 0 Å². The third-order valence-electron chi connectivity index (χ3n) is 3.22. The molecule has 2 aromatic carbocycles. The monoisotopic (exact) mass is 258 g/mol. The van der Waals surface area contributed by atoms with Gasteiger partial charge in [-0.2, -0.15) is 0 Å². The molecule has 98 valence electrons. The van der Waals surface area contributed by atoms with Gasteiger partial charge >= 0.3 is 0 Å². The third-order valence-corrected chi connectivity index (χ3v) is 3.22. The van der Waals surface area contributed by atoms with Crippen molar-refractivity contribution in [3.05, 3.63) is 59.4 Å². The van der Waals surface area contributed by atoms with Crippen molar-refractivity contribution in [3.8, 4) is 11.5 Å². The molecule has 1 aliphatic rings. The summed E-state index contributed by atoms with van der Waals surface area (Å²) in [5.74, 6) is 1.37. The number of hydrogen-bond donors (Lipinski definition) is 0. The van der Waals surface area contributed by atoms with Crippen LogP contribution in [0.4, 0.5) is 4.39 Å². The van der Waals surface area contributed by atoms with Crippen molar-refractivity contribution in [2.75, 3.05) is 6.61 Å². The van der Waals surface area contributed by atoms with Crippen molar-refractivity contribution in [1.29, 1.82) is 0 Å². The Balaban J connectivity index is 1.60. The van der Waals surface area contributed by atoms with Gasteiger partial charge in [0.1, 0.15) is 30.0 Å². The van der Waals surface area contributed by atoms with Crippen LogP contribution in [-0.2, 0) is 6.42 Å². The molecule has 2 nitrogen and oxygen atoms in total. The first-order valence-corrected chi connectivity index (χ1v) is 6.35. The van der Waals surface area contributed by atoms with Crippen molar-refractivity contribution in [2.24, 2.45) is 0 Å². The molecule has 2 aromatic rings. The van der Waals surface area contributed by atoms with Crippen LogP contribution in [0, 0.1) is 12.7 Å². The fourth-order valence-corrected chi connectivity index (χ4v) is 2.21. The second kappa shape index (κ2) is 4.92. The maximum absolute atomic E-state index is 13.1. The molecular formula is C16H15FO2. The highest BCUT2D eigenvalue weighted by atomic mass is 19.1. The van der Waals surface area contributed by atoms with Crippen molar-refractivity contribution >= 4 is 0 Å². The van der Waals surface area contributed by atoms with Crippen LogP contribution in [0.15, 0.2) is 42.5 Å². The van der Waals surface area contributed by atoms with E-state index in [9.17, 15) is 4.39 Å². The molecule has 0 radical (unpaired) electrons. The highest BCUT2D eigenvalue weighted by Gasteiger charge is 2.23. The lowest BCUT2D eigenvalue weighted by molar-refractivity contribution is 0.148. The molecule has 0 aliphatic carbocycles. The van der Waals surface area contributed by atoms with Crippen LogP contribution < -0.4 is 9.47 Å². The fourth-order valence-electron chi connectivity index (χ4n) is 2.21. The third kappa shape index (κ3) is 2.70. The van der Waals surface area contributed by atoms with Gasteiger partial charge in [-0.15, -0.1) is 0 Å². The fraction of sp³-hybridized carbons (Fsp3) is 0.250. The van der Waals surface area contributed by atoms with Crippen LogP contribution >= 0.6 is 0 Å². The zero-order valence-corrected chi connectivity index (χ0v) is 10.7. The van der Waals surface area contributed by atoms with Crippen LogP contribution in [0.1, 0.15) is 11.1 Å². The molecule has 19 heavy (non-hydrogen) atoms. The Labute approximate surface area is 111 Å². The van der Waals surface area contributed by atoms with E-state index < -0.39 is 0 Å². The lowest BCUT2D eigenvalue weighted by Crippen LogP contribution is -2.22. The summed E-state index contributed by atoms with van der Waals surface area (Å²) >= 11 is 0. The molecule has 0 fully saturated rings. The standard InChI is InChI=1S/C16H15FO2/c1-11-2-5-14(6-3-11)18-10-15-9-12-8-13(17)4-7-16(12)19-15/h2-8,15H,9-10H2,1H3. The molecule has 0 bridgehead atoms. The number of fused-ring (bicyclic) bond motifs is 1. The molecule has 1 aliphatic heterocycles. The SMILES string of the molecule is Cc1ccc(OCC2Cc3cc(F)ccc3O2)cc1. The maximum Gasteiger partial charge on any atom is 0.137 e. The minimum atomic E-state index is -0.220. The van der Waals surface area contributed by atoms with Gasteiger partial charge < -0.3 is 9.47 Å². The van der Waals surface area contributed by atoms with Gasteiger partial charge in [0.2, 0.25) is 0 Å². The Kier molecular flexibility index (Phi) is 3.11. The van der Waals surface area contributed by atoms with E-state index in [1.807, 2.05) is 31.2 Å². The van der Waals surface area contributed by atoms with Gasteiger partial charge in [-0.25, -0.2) is 4.39 Å². The van der Waals surface area contributed by atoms with Crippen molar-refractivity contribution in [3.63, 3.8) is 0 Å². The summed E-state index contributed by atoms with van der Waals surface area (Å²) in [6.45, 7) is 2.51. The minimum absolute atomic E-state index is 0.0434. The van der Waals surface area contributed by atoms with Gasteiger partial charge in [-0.1, -0.05) is 17.7 Å². The van der Waals surface area contributed by atoms with Gasteiger partial charge in [0.15, 0.2) is 0 Å². The number of aryl methyl sites for hydroxylation is 1. The number of benzene rings is 2. The highest BCUT2D eigenvalue weighted by Crippen LogP contribution is 2.29. The summed E-state index contributed by atoms with van der Waals surface area (Å²) in [6.07, 6.45) is 0.650. The van der Waals surface area contributed by atoms with E-state index >= 15 is 0 Å². The molecule has 1 heterocycles. The lowest BCUT2D eigenvalue weighted by atomic mass is 10.1. The Morgan fingerprint density at radius 1 is 1.21 bits per heavy atom. The van der Waals surface area contributed by atoms with Crippen LogP contribution in [0.2, 0.25) is 0 Å². The van der Waals surface area contributed by atoms with E-state index in [0.29, 0.717) is 13.0 Å². The molecule has 0 amide bonds. The summed E-state index contributed by atoms with van der Waals surface area (Å²) < 4.78 is 24.5. The van der Waals surface area contributed by atoms with Crippen LogP contribution in [0.5, 0.6) is 11.5 Å². The largest absolute Gasteiger partial charge is 0.490 e. The first-order valence-electron chi connectivity index (χ1n) is 6.35. The summed E-state index contributed by atoms with van der Waals surface area (Å²) in [7, 11) is 0. The van der Waals surface area contributed by atoms with Crippen molar-refractivity contribution in [1.82, 2.24) is 0 Å². The zero-order valence-electron chi connectivity index (χ0n) is 10.7. The summed E-state index contributed by atoms with van der Waals surface area (Å²) in [5, 5.41) is 0. The summed E-state index contributed by atoms with van der Waals surface area (Å²) in [4.78, 5) is 0. The normalized spacial score (nSPS) is 16.8. The quantitative estimate of drug-likeness (QED) is 0.838. The van der Waals surface area contributed by atoms with E-state index in [-0.39, 0.29) is 11.9 Å². The molecule has 0 aromatic heterocycles. The number of ether oxygens (including phenoxy) is 2. The zero-order chi connectivity index (χ0) is 13.2. The minimum Gasteiger partial charge on any atom is -0.490 e. The van der Waals surface area contributed by atoms with Crippen molar-refractivity contribution in [2.45, 2.75) is 19.4 Å². The molecule has 0 spiro atoms. The average molecular weight is 258 g/mol. The van der Waals surface area contributed by atoms with Gasteiger partial charge in [-0.05, 0) is 37.3 Å². The lowest BCUT2D eigenvalue weighted by Gasteiger charge is -2.12. The van der Waals surface area contributed by atoms with E-state index in [1.54, 1.807) is 6.07 Å². The number of hydrogen-bond acceptors (Lipinski definition) is 2. The molecular weight excluding hydrogens is 243 g/mol. The maximum atomic E-state index is 13.1. The van der Waals surface area contributed by atoms with Crippen LogP contribution in [0.25, 0.3) is 0 Å².